The van der Waals surface area contributed by atoms with Crippen LogP contribution < -0.4 is 5.32 Å². The van der Waals surface area contributed by atoms with E-state index in [9.17, 15) is 13.2 Å². The smallest absolute Gasteiger partial charge is 0.302 e. The van der Waals surface area contributed by atoms with E-state index in [1.54, 1.807) is 31.2 Å². The summed E-state index contributed by atoms with van der Waals surface area (Å²) in [5, 5.41) is 2.84. The third kappa shape index (κ3) is 4.10. The van der Waals surface area contributed by atoms with Gasteiger partial charge in [-0.2, -0.15) is 13.2 Å². The molecule has 0 aliphatic rings. The highest BCUT2D eigenvalue weighted by Gasteiger charge is 2.27. The van der Waals surface area contributed by atoms with Gasteiger partial charge in [0.15, 0.2) is 0 Å². The van der Waals surface area contributed by atoms with Crippen molar-refractivity contribution in [1.29, 1.82) is 0 Å². The second-order valence-corrected chi connectivity index (χ2v) is 3.65. The van der Waals surface area contributed by atoms with Crippen LogP contribution in [0.2, 0.25) is 5.02 Å². The van der Waals surface area contributed by atoms with Crippen LogP contribution in [0.3, 0.4) is 0 Å². The van der Waals surface area contributed by atoms with Crippen LogP contribution in [0.1, 0.15) is 18.5 Å². The summed E-state index contributed by atoms with van der Waals surface area (Å²) in [6.07, 6.45) is -4.20. The Balaban J connectivity index is 2.62. The molecule has 15 heavy (non-hydrogen) atoms. The van der Waals surface area contributed by atoms with Gasteiger partial charge in [0.2, 0.25) is 0 Å². The second-order valence-electron chi connectivity index (χ2n) is 3.24. The minimum absolute atomic E-state index is 0.416. The number of nitrogens with one attached hydrogen (secondary N) is 1. The van der Waals surface area contributed by atoms with E-state index in [0.717, 1.165) is 0 Å². The molecule has 84 valence electrons. The highest BCUT2D eigenvalue weighted by atomic mass is 35.5. The Morgan fingerprint density at radius 1 is 1.33 bits per heavy atom. The predicted molar refractivity (Wildman–Crippen MR) is 53.9 cm³/mol. The molecule has 5 heteroatoms. The zero-order valence-corrected chi connectivity index (χ0v) is 8.86. The van der Waals surface area contributed by atoms with Gasteiger partial charge >= 0.3 is 6.18 Å². The Morgan fingerprint density at radius 2 is 1.93 bits per heavy atom. The highest BCUT2D eigenvalue weighted by molar-refractivity contribution is 6.31. The number of alkyl halides is 3. The van der Waals surface area contributed by atoms with Gasteiger partial charge in [0, 0.05) is 11.1 Å². The van der Waals surface area contributed by atoms with Crippen LogP contribution in [0.25, 0.3) is 0 Å². The lowest BCUT2D eigenvalue weighted by Crippen LogP contribution is -2.30. The summed E-state index contributed by atoms with van der Waals surface area (Å²) < 4.78 is 35.8. The van der Waals surface area contributed by atoms with Gasteiger partial charge in [0.25, 0.3) is 0 Å². The molecule has 0 aliphatic heterocycles. The van der Waals surface area contributed by atoms with Gasteiger partial charge in [-0.25, -0.2) is 0 Å². The van der Waals surface area contributed by atoms with Crippen LogP contribution in [0.4, 0.5) is 13.2 Å². The number of hydrogen-bond donors (Lipinski definition) is 1. The Hall–Kier alpha value is -0.740. The van der Waals surface area contributed by atoms with Crippen LogP contribution in [0.5, 0.6) is 0 Å². The Bertz CT molecular complexity index is 325. The molecule has 0 saturated heterocycles. The van der Waals surface area contributed by atoms with E-state index in [0.29, 0.717) is 10.6 Å². The Kier molecular flexibility index (Phi) is 3.99. The molecule has 0 aromatic heterocycles. The molecule has 1 aromatic rings. The van der Waals surface area contributed by atoms with E-state index < -0.39 is 18.8 Å². The van der Waals surface area contributed by atoms with E-state index in [1.165, 1.54) is 0 Å². The third-order valence-electron chi connectivity index (χ3n) is 1.98. The first-order valence-corrected chi connectivity index (χ1v) is 4.82. The molecule has 0 radical (unpaired) electrons. The lowest BCUT2D eigenvalue weighted by atomic mass is 10.1. The van der Waals surface area contributed by atoms with Crippen molar-refractivity contribution in [1.82, 2.24) is 5.32 Å². The number of benzene rings is 1. The van der Waals surface area contributed by atoms with Gasteiger partial charge in [-0.1, -0.05) is 29.8 Å². The van der Waals surface area contributed by atoms with E-state index >= 15 is 0 Å². The zero-order chi connectivity index (χ0) is 11.5. The molecular weight excluding hydrogens is 227 g/mol. The summed E-state index contributed by atoms with van der Waals surface area (Å²) in [5.41, 5.74) is 0.670. The standard InChI is InChI=1S/C10H11ClF3N/c1-7(15-6-10(12,13)14)8-4-2-3-5-9(8)11/h2-5,7,15H,6H2,1H3/t7-/m1/s1. The van der Waals surface area contributed by atoms with Crippen molar-refractivity contribution in [3.05, 3.63) is 34.9 Å². The molecule has 0 amide bonds. The Morgan fingerprint density at radius 3 is 2.47 bits per heavy atom. The normalized spacial score (nSPS) is 13.9. The molecule has 0 bridgehead atoms. The van der Waals surface area contributed by atoms with Crippen LogP contribution in [0.15, 0.2) is 24.3 Å². The summed E-state index contributed by atoms with van der Waals surface area (Å²) in [6, 6.07) is 6.43. The summed E-state index contributed by atoms with van der Waals surface area (Å²) in [4.78, 5) is 0. The maximum absolute atomic E-state index is 11.9. The first-order valence-electron chi connectivity index (χ1n) is 4.45. The van der Waals surface area contributed by atoms with Gasteiger partial charge in [-0.15, -0.1) is 0 Å². The number of rotatable bonds is 3. The van der Waals surface area contributed by atoms with Crippen molar-refractivity contribution < 1.29 is 13.2 Å². The van der Waals surface area contributed by atoms with Crippen LogP contribution in [-0.2, 0) is 0 Å². The maximum atomic E-state index is 11.9. The highest BCUT2D eigenvalue weighted by Crippen LogP contribution is 2.23. The molecule has 1 atom stereocenters. The van der Waals surface area contributed by atoms with E-state index in [1.807, 2.05) is 0 Å². The lowest BCUT2D eigenvalue weighted by Gasteiger charge is -2.16. The van der Waals surface area contributed by atoms with Crippen LogP contribution in [0, 0.1) is 0 Å². The molecule has 1 aromatic carbocycles. The van der Waals surface area contributed by atoms with E-state index in [4.69, 9.17) is 11.6 Å². The van der Waals surface area contributed by atoms with Gasteiger partial charge < -0.3 is 5.32 Å². The average Bonchev–Trinajstić information content (AvgIpc) is 2.14. The van der Waals surface area contributed by atoms with Crippen molar-refractivity contribution in [2.24, 2.45) is 0 Å². The predicted octanol–water partition coefficient (Wildman–Crippen LogP) is 3.55. The molecule has 0 spiro atoms. The van der Waals surface area contributed by atoms with Gasteiger partial charge in [0.05, 0.1) is 6.54 Å². The van der Waals surface area contributed by atoms with Crippen molar-refractivity contribution in [2.75, 3.05) is 6.54 Å². The zero-order valence-electron chi connectivity index (χ0n) is 8.11. The van der Waals surface area contributed by atoms with Gasteiger partial charge in [0.1, 0.15) is 0 Å². The topological polar surface area (TPSA) is 12.0 Å². The van der Waals surface area contributed by atoms with Crippen LogP contribution >= 0.6 is 11.6 Å². The summed E-state index contributed by atoms with van der Waals surface area (Å²) in [7, 11) is 0. The fraction of sp³-hybridized carbons (Fsp3) is 0.400. The van der Waals surface area contributed by atoms with Gasteiger partial charge in [-0.3, -0.25) is 0 Å². The quantitative estimate of drug-likeness (QED) is 0.848. The van der Waals surface area contributed by atoms with Crippen molar-refractivity contribution >= 4 is 11.6 Å². The van der Waals surface area contributed by atoms with E-state index in [2.05, 4.69) is 5.32 Å². The van der Waals surface area contributed by atoms with Crippen LogP contribution in [-0.4, -0.2) is 12.7 Å². The molecule has 1 N–H and O–H groups in total. The third-order valence-corrected chi connectivity index (χ3v) is 2.32. The lowest BCUT2D eigenvalue weighted by molar-refractivity contribution is -0.126. The molecule has 1 nitrogen and oxygen atoms in total. The molecule has 0 saturated carbocycles. The largest absolute Gasteiger partial charge is 0.401 e. The van der Waals surface area contributed by atoms with Crippen molar-refractivity contribution in [3.63, 3.8) is 0 Å². The van der Waals surface area contributed by atoms with Gasteiger partial charge in [-0.05, 0) is 18.6 Å². The fourth-order valence-corrected chi connectivity index (χ4v) is 1.50. The summed E-state index contributed by atoms with van der Waals surface area (Å²) >= 11 is 5.85. The SMILES string of the molecule is C[C@@H](NCC(F)(F)F)c1ccccc1Cl. The second kappa shape index (κ2) is 4.86. The Labute approximate surface area is 91.2 Å². The molecule has 0 heterocycles. The minimum Gasteiger partial charge on any atom is -0.302 e. The maximum Gasteiger partial charge on any atom is 0.401 e. The molecular formula is C10H11ClF3N. The van der Waals surface area contributed by atoms with Crippen molar-refractivity contribution in [2.45, 2.75) is 19.1 Å². The first-order chi connectivity index (χ1) is 6.90. The summed E-state index contributed by atoms with van der Waals surface area (Å²) in [5.74, 6) is 0. The molecule has 0 unspecified atom stereocenters. The molecule has 1 rings (SSSR count). The number of hydrogen-bond acceptors (Lipinski definition) is 1. The molecule has 0 fully saturated rings. The fourth-order valence-electron chi connectivity index (χ4n) is 1.21. The van der Waals surface area contributed by atoms with E-state index in [-0.39, 0.29) is 0 Å². The molecule has 0 aliphatic carbocycles. The monoisotopic (exact) mass is 237 g/mol. The number of halogens is 4. The first kappa shape index (κ1) is 12.3. The summed E-state index contributed by atoms with van der Waals surface area (Å²) in [6.45, 7) is 0.631. The average molecular weight is 238 g/mol. The van der Waals surface area contributed by atoms with Crippen molar-refractivity contribution in [3.8, 4) is 0 Å². The minimum atomic E-state index is -4.20.